The van der Waals surface area contributed by atoms with Crippen molar-refractivity contribution >= 4 is 23.5 Å². The van der Waals surface area contributed by atoms with Crippen LogP contribution >= 0.6 is 0 Å². The second kappa shape index (κ2) is 15.2. The molecule has 4 aromatic rings. The fourth-order valence-corrected chi connectivity index (χ4v) is 3.04. The van der Waals surface area contributed by atoms with Crippen LogP contribution in [0.1, 0.15) is 52.6 Å². The Bertz CT molecular complexity index is 1220. The van der Waals surface area contributed by atoms with Gasteiger partial charge < -0.3 is 20.4 Å². The molecule has 0 aliphatic heterocycles. The largest absolute Gasteiger partial charge is 0.478 e. The molecular formula is C30H26O8. The highest BCUT2D eigenvalue weighted by molar-refractivity contribution is 6.09. The molecule has 4 N–H and O–H groups in total. The van der Waals surface area contributed by atoms with Gasteiger partial charge in [-0.15, -0.1) is 0 Å². The molecule has 38 heavy (non-hydrogen) atoms. The molecule has 0 saturated heterocycles. The van der Waals surface area contributed by atoms with Crippen LogP contribution in [0.5, 0.6) is 0 Å². The van der Waals surface area contributed by atoms with Crippen molar-refractivity contribution in [2.45, 2.75) is 0 Å². The molecule has 0 unspecified atom stereocenters. The highest BCUT2D eigenvalue weighted by Gasteiger charge is 2.10. The van der Waals surface area contributed by atoms with Crippen molar-refractivity contribution in [1.82, 2.24) is 0 Å². The van der Waals surface area contributed by atoms with Crippen molar-refractivity contribution in [3.8, 4) is 0 Å². The smallest absolute Gasteiger partial charge is 0.335 e. The van der Waals surface area contributed by atoms with E-state index in [0.29, 0.717) is 22.3 Å². The first-order valence-electron chi connectivity index (χ1n) is 11.4. The van der Waals surface area contributed by atoms with Gasteiger partial charge in [-0.1, -0.05) is 84.9 Å². The minimum absolute atomic E-state index is 0.109. The lowest BCUT2D eigenvalue weighted by Gasteiger charge is -2.01. The van der Waals surface area contributed by atoms with Crippen LogP contribution in [-0.2, 0) is 0 Å². The van der Waals surface area contributed by atoms with Crippen LogP contribution in [0.15, 0.2) is 109 Å². The summed E-state index contributed by atoms with van der Waals surface area (Å²) >= 11 is 0. The predicted molar refractivity (Wildman–Crippen MR) is 141 cm³/mol. The molecule has 0 aliphatic rings. The van der Waals surface area contributed by atoms with Crippen LogP contribution in [0.2, 0.25) is 0 Å². The van der Waals surface area contributed by atoms with Gasteiger partial charge in [-0.3, -0.25) is 9.59 Å². The number of aliphatic hydroxyl groups is 2. The number of rotatable bonds is 7. The molecule has 8 heteroatoms. The first-order valence-corrected chi connectivity index (χ1v) is 11.4. The molecule has 0 aliphatic carbocycles. The number of aliphatic hydroxyl groups excluding tert-OH is 2. The number of benzene rings is 4. The first kappa shape index (κ1) is 29.3. The van der Waals surface area contributed by atoms with Crippen molar-refractivity contribution in [3.05, 3.63) is 143 Å². The van der Waals surface area contributed by atoms with E-state index in [9.17, 15) is 19.2 Å². The van der Waals surface area contributed by atoms with E-state index in [0.717, 1.165) is 0 Å². The highest BCUT2D eigenvalue weighted by Crippen LogP contribution is 2.12. The molecule has 0 aromatic heterocycles. The minimum Gasteiger partial charge on any atom is -0.478 e. The average molecular weight is 515 g/mol. The molecule has 0 amide bonds. The van der Waals surface area contributed by atoms with Crippen molar-refractivity contribution in [2.75, 3.05) is 13.2 Å². The Balaban J connectivity index is 0.000000234. The summed E-state index contributed by atoms with van der Waals surface area (Å²) in [5, 5.41) is 32.7. The van der Waals surface area contributed by atoms with Crippen LogP contribution in [0.3, 0.4) is 0 Å². The minimum atomic E-state index is -0.997. The Morgan fingerprint density at radius 2 is 0.632 bits per heavy atom. The lowest BCUT2D eigenvalue weighted by molar-refractivity contribution is 0.0686. The number of hydrogen-bond acceptors (Lipinski definition) is 6. The molecule has 4 rings (SSSR count). The molecule has 0 saturated carbocycles. The molecule has 8 nitrogen and oxygen atoms in total. The summed E-state index contributed by atoms with van der Waals surface area (Å²) in [5.74, 6) is -2.21. The maximum absolute atomic E-state index is 12.0. The molecule has 0 bridgehead atoms. The number of aromatic carboxylic acids is 2. The van der Waals surface area contributed by atoms with Gasteiger partial charge in [0.05, 0.1) is 24.3 Å². The van der Waals surface area contributed by atoms with E-state index in [1.54, 1.807) is 48.5 Å². The highest BCUT2D eigenvalue weighted by atomic mass is 16.4. The van der Waals surface area contributed by atoms with E-state index >= 15 is 0 Å². The lowest BCUT2D eigenvalue weighted by Crippen LogP contribution is -2.02. The maximum Gasteiger partial charge on any atom is 0.335 e. The van der Waals surface area contributed by atoms with Crippen molar-refractivity contribution in [2.24, 2.45) is 0 Å². The molecule has 0 spiro atoms. The fraction of sp³-hybridized carbons (Fsp3) is 0.0667. The lowest BCUT2D eigenvalue weighted by atomic mass is 10.0. The number of carboxylic acid groups (broad SMARTS) is 2. The van der Waals surface area contributed by atoms with Gasteiger partial charge in [0.2, 0.25) is 0 Å². The van der Waals surface area contributed by atoms with E-state index in [1.807, 2.05) is 12.1 Å². The van der Waals surface area contributed by atoms with Crippen molar-refractivity contribution in [1.29, 1.82) is 0 Å². The molecule has 0 radical (unpaired) electrons. The van der Waals surface area contributed by atoms with E-state index < -0.39 is 11.9 Å². The number of hydrogen-bond donors (Lipinski definition) is 4. The third kappa shape index (κ3) is 8.94. The zero-order chi connectivity index (χ0) is 27.9. The fourth-order valence-electron chi connectivity index (χ4n) is 3.04. The van der Waals surface area contributed by atoms with E-state index in [2.05, 4.69) is 0 Å². The summed E-state index contributed by atoms with van der Waals surface area (Å²) < 4.78 is 0. The van der Waals surface area contributed by atoms with Gasteiger partial charge in [0, 0.05) is 22.3 Å². The summed E-state index contributed by atoms with van der Waals surface area (Å²) in [5.41, 5.74) is 2.51. The quantitative estimate of drug-likeness (QED) is 0.268. The summed E-state index contributed by atoms with van der Waals surface area (Å²) in [6.45, 7) is -0.250. The number of carbonyl (C=O) groups is 4. The van der Waals surface area contributed by atoms with Gasteiger partial charge in [-0.25, -0.2) is 9.59 Å². The first-order chi connectivity index (χ1) is 18.3. The Morgan fingerprint density at radius 1 is 0.395 bits per heavy atom. The van der Waals surface area contributed by atoms with Gasteiger partial charge in [-0.05, 0) is 24.3 Å². The topological polar surface area (TPSA) is 149 Å². The maximum atomic E-state index is 12.0. The van der Waals surface area contributed by atoms with Crippen molar-refractivity contribution < 1.29 is 39.6 Å². The second-order valence-corrected chi connectivity index (χ2v) is 7.60. The third-order valence-corrected chi connectivity index (χ3v) is 4.96. The zero-order valence-electron chi connectivity index (χ0n) is 20.2. The number of ketones is 2. The normalized spacial score (nSPS) is 9.63. The summed E-state index contributed by atoms with van der Waals surface area (Å²) in [6, 6.07) is 29.6. The molecule has 0 heterocycles. The number of carbonyl (C=O) groups excluding carboxylic acids is 2. The van der Waals surface area contributed by atoms with E-state index in [4.69, 9.17) is 20.4 Å². The standard InChI is InChI=1S/2C14H10O3.C2H6O2/c2*15-13(10-4-2-1-3-5-10)11-6-8-12(9-7-11)14(16)17;3-1-2-4/h2*1-9H,(H,16,17);3-4H,1-2H2. The Labute approximate surface area is 219 Å². The van der Waals surface area contributed by atoms with E-state index in [-0.39, 0.29) is 35.9 Å². The third-order valence-electron chi connectivity index (χ3n) is 4.96. The Morgan fingerprint density at radius 3 is 0.868 bits per heavy atom. The van der Waals surface area contributed by atoms with Crippen molar-refractivity contribution in [3.63, 3.8) is 0 Å². The molecule has 194 valence electrons. The Kier molecular flexibility index (Phi) is 11.8. The Hall–Kier alpha value is -4.92. The van der Waals surface area contributed by atoms with Gasteiger partial charge in [0.15, 0.2) is 11.6 Å². The molecular weight excluding hydrogens is 488 g/mol. The molecule has 4 aromatic carbocycles. The summed E-state index contributed by atoms with van der Waals surface area (Å²) in [6.07, 6.45) is 0. The molecule has 0 atom stereocenters. The summed E-state index contributed by atoms with van der Waals surface area (Å²) in [4.78, 5) is 45.3. The van der Waals surface area contributed by atoms with E-state index in [1.165, 1.54) is 48.5 Å². The number of carboxylic acids is 2. The second-order valence-electron chi connectivity index (χ2n) is 7.60. The van der Waals surface area contributed by atoms with Gasteiger partial charge in [0.1, 0.15) is 0 Å². The molecule has 0 fully saturated rings. The zero-order valence-corrected chi connectivity index (χ0v) is 20.2. The monoisotopic (exact) mass is 514 g/mol. The van der Waals surface area contributed by atoms with Crippen LogP contribution < -0.4 is 0 Å². The van der Waals surface area contributed by atoms with Gasteiger partial charge in [0.25, 0.3) is 0 Å². The average Bonchev–Trinajstić information content (AvgIpc) is 2.98. The van der Waals surface area contributed by atoms with Crippen LogP contribution in [0, 0.1) is 0 Å². The summed E-state index contributed by atoms with van der Waals surface area (Å²) in [7, 11) is 0. The predicted octanol–water partition coefficient (Wildman–Crippen LogP) is 4.20. The van der Waals surface area contributed by atoms with Gasteiger partial charge in [-0.2, -0.15) is 0 Å². The SMILES string of the molecule is O=C(O)c1ccc(C(=O)c2ccccc2)cc1.O=C(O)c1ccc(C(=O)c2ccccc2)cc1.OCCO. The van der Waals surface area contributed by atoms with Crippen LogP contribution in [-0.4, -0.2) is 57.1 Å². The van der Waals surface area contributed by atoms with Crippen LogP contribution in [0.25, 0.3) is 0 Å². The van der Waals surface area contributed by atoms with Gasteiger partial charge >= 0.3 is 11.9 Å². The van der Waals surface area contributed by atoms with Crippen LogP contribution in [0.4, 0.5) is 0 Å².